The molecule has 0 saturated carbocycles. The number of hydrogen-bond acceptors (Lipinski definition) is 6. The number of methoxy groups -OCH3 is 1. The number of pyridine rings is 2. The molecule has 0 radical (unpaired) electrons. The molecule has 0 unspecified atom stereocenters. The average molecular weight is 368 g/mol. The molecule has 2 fully saturated rings. The van der Waals surface area contributed by atoms with Crippen LogP contribution in [0, 0.1) is 0 Å². The van der Waals surface area contributed by atoms with Crippen LogP contribution in [0.2, 0.25) is 0 Å². The van der Waals surface area contributed by atoms with Crippen LogP contribution in [0.5, 0.6) is 11.6 Å². The van der Waals surface area contributed by atoms with Gasteiger partial charge >= 0.3 is 0 Å². The molecule has 0 aromatic carbocycles. The van der Waals surface area contributed by atoms with Crippen LogP contribution in [0.15, 0.2) is 36.7 Å². The Hall–Kier alpha value is -2.83. The summed E-state index contributed by atoms with van der Waals surface area (Å²) in [7, 11) is 1.53. The van der Waals surface area contributed by atoms with E-state index >= 15 is 0 Å². The maximum atomic E-state index is 12.8. The summed E-state index contributed by atoms with van der Waals surface area (Å²) in [5.74, 6) is 2.00. The van der Waals surface area contributed by atoms with Crippen LogP contribution in [0.4, 0.5) is 5.82 Å². The van der Waals surface area contributed by atoms with E-state index in [1.54, 1.807) is 29.4 Å². The number of aromatic nitrogens is 2. The summed E-state index contributed by atoms with van der Waals surface area (Å²) in [6, 6.07) is 7.36. The molecular weight excluding hydrogens is 344 g/mol. The summed E-state index contributed by atoms with van der Waals surface area (Å²) in [5.41, 5.74) is 0.486. The molecule has 4 heterocycles. The first-order chi connectivity index (χ1) is 13.3. The third-order valence-electron chi connectivity index (χ3n) is 5.08. The summed E-state index contributed by atoms with van der Waals surface area (Å²) in [6.07, 6.45) is 6.56. The van der Waals surface area contributed by atoms with Gasteiger partial charge in [-0.2, -0.15) is 0 Å². The molecule has 142 valence electrons. The highest BCUT2D eigenvalue weighted by Crippen LogP contribution is 2.30. The smallest absolute Gasteiger partial charge is 0.259 e. The molecule has 0 aliphatic carbocycles. The third kappa shape index (κ3) is 3.67. The standard InChI is InChI=1S/C20H24N4O3/c1-26-19-16(6-4-10-22-19)20(25)24-13-8-15(14-24)27-17-7-5-9-21-18(17)23-11-2-3-12-23/h4-7,9-10,15H,2-3,8,11-14H2,1H3/t15-/m0/s1. The summed E-state index contributed by atoms with van der Waals surface area (Å²) < 4.78 is 11.5. The average Bonchev–Trinajstić information content (AvgIpc) is 3.40. The number of anilines is 1. The van der Waals surface area contributed by atoms with Gasteiger partial charge in [0.1, 0.15) is 11.7 Å². The molecule has 2 aromatic heterocycles. The molecular formula is C20H24N4O3. The number of nitrogens with zero attached hydrogens (tertiary/aromatic N) is 4. The maximum absolute atomic E-state index is 12.8. The number of hydrogen-bond donors (Lipinski definition) is 0. The number of rotatable bonds is 5. The molecule has 7 nitrogen and oxygen atoms in total. The molecule has 4 rings (SSSR count). The topological polar surface area (TPSA) is 67.8 Å². The minimum atomic E-state index is -0.0722. The minimum Gasteiger partial charge on any atom is -0.485 e. The van der Waals surface area contributed by atoms with Crippen LogP contribution >= 0.6 is 0 Å². The van der Waals surface area contributed by atoms with Gasteiger partial charge in [-0.1, -0.05) is 0 Å². The van der Waals surface area contributed by atoms with E-state index in [0.717, 1.165) is 31.1 Å². The fourth-order valence-corrected chi connectivity index (χ4v) is 3.72. The van der Waals surface area contributed by atoms with E-state index < -0.39 is 0 Å². The van der Waals surface area contributed by atoms with Crippen LogP contribution < -0.4 is 14.4 Å². The van der Waals surface area contributed by atoms with Crippen LogP contribution in [0.25, 0.3) is 0 Å². The predicted molar refractivity (Wildman–Crippen MR) is 101 cm³/mol. The molecule has 7 heteroatoms. The van der Waals surface area contributed by atoms with Gasteiger partial charge in [0.2, 0.25) is 5.88 Å². The van der Waals surface area contributed by atoms with Crippen molar-refractivity contribution >= 4 is 11.7 Å². The Morgan fingerprint density at radius 3 is 2.70 bits per heavy atom. The van der Waals surface area contributed by atoms with E-state index in [1.165, 1.54) is 20.0 Å². The van der Waals surface area contributed by atoms with Crippen molar-refractivity contribution in [3.05, 3.63) is 42.2 Å². The van der Waals surface area contributed by atoms with Crippen molar-refractivity contribution in [2.75, 3.05) is 38.2 Å². The quantitative estimate of drug-likeness (QED) is 0.807. The SMILES string of the molecule is COc1ncccc1C(=O)N1CC[C@H](Oc2cccnc2N2CCCC2)C1. The third-order valence-corrected chi connectivity index (χ3v) is 5.08. The number of likely N-dealkylation sites (tertiary alicyclic amines) is 1. The van der Waals surface area contributed by atoms with E-state index in [-0.39, 0.29) is 12.0 Å². The van der Waals surface area contributed by atoms with Crippen molar-refractivity contribution in [3.63, 3.8) is 0 Å². The summed E-state index contributed by atoms with van der Waals surface area (Å²) >= 11 is 0. The molecule has 2 aromatic rings. The summed E-state index contributed by atoms with van der Waals surface area (Å²) in [4.78, 5) is 25.5. The first-order valence-electron chi connectivity index (χ1n) is 9.41. The van der Waals surface area contributed by atoms with Gasteiger partial charge in [0.05, 0.1) is 13.7 Å². The molecule has 0 spiro atoms. The van der Waals surface area contributed by atoms with E-state index in [1.807, 2.05) is 12.1 Å². The molecule has 1 atom stereocenters. The lowest BCUT2D eigenvalue weighted by atomic mass is 10.2. The predicted octanol–water partition coefficient (Wildman–Crippen LogP) is 2.38. The summed E-state index contributed by atoms with van der Waals surface area (Å²) in [6.45, 7) is 3.24. The molecule has 2 aliphatic rings. The van der Waals surface area contributed by atoms with Crippen molar-refractivity contribution < 1.29 is 14.3 Å². The van der Waals surface area contributed by atoms with Gasteiger partial charge in [0, 0.05) is 38.4 Å². The van der Waals surface area contributed by atoms with Crippen molar-refractivity contribution in [1.29, 1.82) is 0 Å². The van der Waals surface area contributed by atoms with Crippen molar-refractivity contribution in [2.45, 2.75) is 25.4 Å². The molecule has 27 heavy (non-hydrogen) atoms. The van der Waals surface area contributed by atoms with E-state index in [4.69, 9.17) is 9.47 Å². The largest absolute Gasteiger partial charge is 0.485 e. The lowest BCUT2D eigenvalue weighted by molar-refractivity contribution is 0.0768. The highest BCUT2D eigenvalue weighted by molar-refractivity contribution is 5.96. The van der Waals surface area contributed by atoms with Gasteiger partial charge < -0.3 is 19.3 Å². The number of ether oxygens (including phenoxy) is 2. The lowest BCUT2D eigenvalue weighted by Gasteiger charge is -2.22. The van der Waals surface area contributed by atoms with Gasteiger partial charge in [-0.3, -0.25) is 4.79 Å². The molecule has 2 aliphatic heterocycles. The zero-order valence-electron chi connectivity index (χ0n) is 15.5. The Morgan fingerprint density at radius 1 is 1.11 bits per heavy atom. The van der Waals surface area contributed by atoms with Gasteiger partial charge in [0.25, 0.3) is 5.91 Å². The Bertz CT molecular complexity index is 807. The lowest BCUT2D eigenvalue weighted by Crippen LogP contribution is -2.31. The molecule has 1 amide bonds. The molecule has 2 saturated heterocycles. The van der Waals surface area contributed by atoms with Gasteiger partial charge in [0.15, 0.2) is 11.6 Å². The van der Waals surface area contributed by atoms with E-state index in [2.05, 4.69) is 14.9 Å². The van der Waals surface area contributed by atoms with Crippen molar-refractivity contribution in [3.8, 4) is 11.6 Å². The fraction of sp³-hybridized carbons (Fsp3) is 0.450. The Kier molecular flexibility index (Phi) is 5.09. The van der Waals surface area contributed by atoms with Crippen LogP contribution in [-0.4, -0.2) is 60.2 Å². The summed E-state index contributed by atoms with van der Waals surface area (Å²) in [5, 5.41) is 0. The first-order valence-corrected chi connectivity index (χ1v) is 9.41. The van der Waals surface area contributed by atoms with E-state index in [9.17, 15) is 4.79 Å². The second-order valence-corrected chi connectivity index (χ2v) is 6.86. The number of carbonyl (C=O) groups is 1. The zero-order valence-corrected chi connectivity index (χ0v) is 15.5. The van der Waals surface area contributed by atoms with Crippen LogP contribution in [-0.2, 0) is 0 Å². The second-order valence-electron chi connectivity index (χ2n) is 6.86. The first kappa shape index (κ1) is 17.6. The second kappa shape index (κ2) is 7.82. The van der Waals surface area contributed by atoms with Gasteiger partial charge in [-0.05, 0) is 37.1 Å². The Balaban J connectivity index is 1.44. The van der Waals surface area contributed by atoms with E-state index in [0.29, 0.717) is 24.5 Å². The normalized spacial score (nSPS) is 19.4. The zero-order chi connectivity index (χ0) is 18.6. The fourth-order valence-electron chi connectivity index (χ4n) is 3.72. The Labute approximate surface area is 158 Å². The van der Waals surface area contributed by atoms with Crippen LogP contribution in [0.1, 0.15) is 29.6 Å². The maximum Gasteiger partial charge on any atom is 0.259 e. The highest BCUT2D eigenvalue weighted by Gasteiger charge is 2.31. The highest BCUT2D eigenvalue weighted by atomic mass is 16.5. The van der Waals surface area contributed by atoms with Gasteiger partial charge in [-0.25, -0.2) is 9.97 Å². The number of carbonyl (C=O) groups excluding carboxylic acids is 1. The van der Waals surface area contributed by atoms with Crippen molar-refractivity contribution in [1.82, 2.24) is 14.9 Å². The van der Waals surface area contributed by atoms with Crippen LogP contribution in [0.3, 0.4) is 0 Å². The number of amides is 1. The van der Waals surface area contributed by atoms with Crippen molar-refractivity contribution in [2.24, 2.45) is 0 Å². The minimum absolute atomic E-state index is 0.0397. The monoisotopic (exact) mass is 368 g/mol. The molecule has 0 N–H and O–H groups in total. The molecule has 0 bridgehead atoms. The Morgan fingerprint density at radius 2 is 1.89 bits per heavy atom. The van der Waals surface area contributed by atoms with Gasteiger partial charge in [-0.15, -0.1) is 0 Å².